The lowest BCUT2D eigenvalue weighted by Gasteiger charge is -2.16. The lowest BCUT2D eigenvalue weighted by molar-refractivity contribution is -0.136. The van der Waals surface area contributed by atoms with Gasteiger partial charge in [0.2, 0.25) is 0 Å². The molecule has 26 heavy (non-hydrogen) atoms. The molecule has 1 aromatic rings. The van der Waals surface area contributed by atoms with E-state index < -0.39 is 0 Å². The van der Waals surface area contributed by atoms with Crippen LogP contribution in [0, 0.1) is 0 Å². The van der Waals surface area contributed by atoms with Crippen LogP contribution in [0.2, 0.25) is 0 Å². The Morgan fingerprint density at radius 2 is 1.77 bits per heavy atom. The van der Waals surface area contributed by atoms with Gasteiger partial charge in [0, 0.05) is 24.0 Å². The SMILES string of the molecule is COc1ccccc1C1=C(SC(C)C)C(=O)N(CCCOC(C)C)C1=O. The zero-order valence-electron chi connectivity index (χ0n) is 16.1. The van der Waals surface area contributed by atoms with Crippen LogP contribution >= 0.6 is 11.8 Å². The molecule has 2 amide bonds. The average Bonchev–Trinajstić information content (AvgIpc) is 2.81. The molecule has 0 bridgehead atoms. The van der Waals surface area contributed by atoms with Gasteiger partial charge in [0.05, 0.1) is 23.7 Å². The molecule has 1 heterocycles. The van der Waals surface area contributed by atoms with E-state index in [1.807, 2.05) is 45.9 Å². The van der Waals surface area contributed by atoms with Crippen LogP contribution in [0.15, 0.2) is 29.2 Å². The number of para-hydroxylation sites is 1. The highest BCUT2D eigenvalue weighted by molar-refractivity contribution is 8.04. The van der Waals surface area contributed by atoms with Gasteiger partial charge in [0.25, 0.3) is 11.8 Å². The van der Waals surface area contributed by atoms with Gasteiger partial charge in [-0.2, -0.15) is 0 Å². The molecule has 0 radical (unpaired) electrons. The molecule has 1 aliphatic heterocycles. The number of nitrogens with zero attached hydrogens (tertiary/aromatic N) is 1. The van der Waals surface area contributed by atoms with E-state index in [2.05, 4.69) is 0 Å². The normalized spacial score (nSPS) is 15.0. The number of hydrogen-bond donors (Lipinski definition) is 0. The Morgan fingerprint density at radius 3 is 2.38 bits per heavy atom. The first kappa shape index (κ1) is 20.5. The fraction of sp³-hybridized carbons (Fsp3) is 0.500. The predicted octanol–water partition coefficient (Wildman–Crippen LogP) is 3.73. The number of carbonyl (C=O) groups excluding carboxylic acids is 2. The summed E-state index contributed by atoms with van der Waals surface area (Å²) in [6, 6.07) is 7.32. The van der Waals surface area contributed by atoms with E-state index in [9.17, 15) is 9.59 Å². The number of benzene rings is 1. The third-order valence-electron chi connectivity index (χ3n) is 3.83. The van der Waals surface area contributed by atoms with E-state index in [1.165, 1.54) is 16.7 Å². The lowest BCUT2D eigenvalue weighted by atomic mass is 10.1. The second kappa shape index (κ2) is 9.24. The van der Waals surface area contributed by atoms with Crippen molar-refractivity contribution in [2.45, 2.75) is 45.5 Å². The molecule has 2 rings (SSSR count). The number of amides is 2. The van der Waals surface area contributed by atoms with Gasteiger partial charge in [-0.15, -0.1) is 11.8 Å². The summed E-state index contributed by atoms with van der Waals surface area (Å²) in [4.78, 5) is 27.8. The summed E-state index contributed by atoms with van der Waals surface area (Å²) in [5.41, 5.74) is 1.10. The van der Waals surface area contributed by atoms with Crippen molar-refractivity contribution in [2.75, 3.05) is 20.3 Å². The fourth-order valence-electron chi connectivity index (χ4n) is 2.73. The number of methoxy groups -OCH3 is 1. The number of imide groups is 1. The molecule has 1 aromatic carbocycles. The monoisotopic (exact) mass is 377 g/mol. The minimum atomic E-state index is -0.257. The van der Waals surface area contributed by atoms with Gasteiger partial charge in [-0.1, -0.05) is 32.0 Å². The molecule has 142 valence electrons. The van der Waals surface area contributed by atoms with E-state index in [4.69, 9.17) is 9.47 Å². The van der Waals surface area contributed by atoms with Gasteiger partial charge in [0.15, 0.2) is 0 Å². The van der Waals surface area contributed by atoms with Gasteiger partial charge in [0.1, 0.15) is 5.75 Å². The summed E-state index contributed by atoms with van der Waals surface area (Å²) in [6.07, 6.45) is 0.753. The van der Waals surface area contributed by atoms with Crippen LogP contribution in [-0.2, 0) is 14.3 Å². The number of ether oxygens (including phenoxy) is 2. The van der Waals surface area contributed by atoms with Gasteiger partial charge < -0.3 is 9.47 Å². The minimum absolute atomic E-state index is 0.134. The quantitative estimate of drug-likeness (QED) is 0.485. The maximum Gasteiger partial charge on any atom is 0.267 e. The fourth-order valence-corrected chi connectivity index (χ4v) is 3.73. The zero-order chi connectivity index (χ0) is 19.3. The molecule has 0 N–H and O–H groups in total. The zero-order valence-corrected chi connectivity index (χ0v) is 16.9. The van der Waals surface area contributed by atoms with Gasteiger partial charge in [-0.05, 0) is 26.3 Å². The molecule has 0 aromatic heterocycles. The van der Waals surface area contributed by atoms with Crippen LogP contribution in [0.4, 0.5) is 0 Å². The Labute approximate surface area is 159 Å². The summed E-state index contributed by atoms with van der Waals surface area (Å²) in [5.74, 6) is 0.113. The lowest BCUT2D eigenvalue weighted by Crippen LogP contribution is -2.33. The van der Waals surface area contributed by atoms with Crippen molar-refractivity contribution >= 4 is 29.1 Å². The van der Waals surface area contributed by atoms with Crippen LogP contribution in [0.1, 0.15) is 39.7 Å². The Bertz CT molecular complexity index is 697. The number of thioether (sulfide) groups is 1. The third-order valence-corrected chi connectivity index (χ3v) is 4.92. The predicted molar refractivity (Wildman–Crippen MR) is 105 cm³/mol. The molecular weight excluding hydrogens is 350 g/mol. The Balaban J connectivity index is 2.31. The Hall–Kier alpha value is -1.79. The molecule has 1 aliphatic rings. The van der Waals surface area contributed by atoms with Crippen LogP contribution < -0.4 is 4.74 Å². The Morgan fingerprint density at radius 1 is 1.08 bits per heavy atom. The van der Waals surface area contributed by atoms with Crippen LogP contribution in [0.25, 0.3) is 5.57 Å². The average molecular weight is 378 g/mol. The molecule has 0 fully saturated rings. The van der Waals surface area contributed by atoms with Crippen molar-refractivity contribution in [1.82, 2.24) is 4.90 Å². The van der Waals surface area contributed by atoms with E-state index in [0.29, 0.717) is 41.4 Å². The van der Waals surface area contributed by atoms with E-state index in [1.54, 1.807) is 13.2 Å². The van der Waals surface area contributed by atoms with Crippen LogP contribution in [-0.4, -0.2) is 48.3 Å². The van der Waals surface area contributed by atoms with Gasteiger partial charge >= 0.3 is 0 Å². The first-order valence-electron chi connectivity index (χ1n) is 8.89. The molecule has 5 nitrogen and oxygen atoms in total. The van der Waals surface area contributed by atoms with Crippen molar-refractivity contribution < 1.29 is 19.1 Å². The van der Waals surface area contributed by atoms with Crippen molar-refractivity contribution in [1.29, 1.82) is 0 Å². The molecule has 0 saturated heterocycles. The highest BCUT2D eigenvalue weighted by atomic mass is 32.2. The molecule has 0 spiro atoms. The number of carbonyl (C=O) groups is 2. The molecular formula is C20H27NO4S. The smallest absolute Gasteiger partial charge is 0.267 e. The van der Waals surface area contributed by atoms with Crippen molar-refractivity contribution in [2.24, 2.45) is 0 Å². The van der Waals surface area contributed by atoms with E-state index in [0.717, 1.165) is 0 Å². The summed E-state index contributed by atoms with van der Waals surface area (Å²) >= 11 is 1.42. The summed E-state index contributed by atoms with van der Waals surface area (Å²) in [5, 5.41) is 0.190. The summed E-state index contributed by atoms with van der Waals surface area (Å²) < 4.78 is 10.9. The Kier molecular flexibility index (Phi) is 7.29. The summed E-state index contributed by atoms with van der Waals surface area (Å²) in [7, 11) is 1.57. The molecule has 6 heteroatoms. The third kappa shape index (κ3) is 4.68. The van der Waals surface area contributed by atoms with Crippen LogP contribution in [0.5, 0.6) is 5.75 Å². The highest BCUT2D eigenvalue weighted by Gasteiger charge is 2.40. The van der Waals surface area contributed by atoms with Crippen LogP contribution in [0.3, 0.4) is 0 Å². The van der Waals surface area contributed by atoms with Crippen molar-refractivity contribution in [3.05, 3.63) is 34.7 Å². The first-order chi connectivity index (χ1) is 12.4. The van der Waals surface area contributed by atoms with E-state index >= 15 is 0 Å². The van der Waals surface area contributed by atoms with Crippen molar-refractivity contribution in [3.63, 3.8) is 0 Å². The topological polar surface area (TPSA) is 55.8 Å². The van der Waals surface area contributed by atoms with Crippen molar-refractivity contribution in [3.8, 4) is 5.75 Å². The van der Waals surface area contributed by atoms with Gasteiger partial charge in [-0.3, -0.25) is 14.5 Å². The minimum Gasteiger partial charge on any atom is -0.496 e. The number of rotatable bonds is 9. The molecule has 0 aliphatic carbocycles. The molecule has 0 unspecified atom stereocenters. The maximum absolute atomic E-state index is 13.0. The van der Waals surface area contributed by atoms with E-state index in [-0.39, 0.29) is 23.2 Å². The second-order valence-corrected chi connectivity index (χ2v) is 8.19. The second-order valence-electron chi connectivity index (χ2n) is 6.61. The first-order valence-corrected chi connectivity index (χ1v) is 9.76. The largest absolute Gasteiger partial charge is 0.496 e. The maximum atomic E-state index is 13.0. The number of hydrogen-bond acceptors (Lipinski definition) is 5. The molecule has 0 saturated carbocycles. The van der Waals surface area contributed by atoms with Gasteiger partial charge in [-0.25, -0.2) is 0 Å². The highest BCUT2D eigenvalue weighted by Crippen LogP contribution is 2.40. The standard InChI is InChI=1S/C20H27NO4S/c1-13(2)25-12-8-11-21-19(22)17(18(20(21)23)26-14(3)4)15-9-6-7-10-16(15)24-5/h6-7,9-10,13-14H,8,11-12H2,1-5H3. The summed E-state index contributed by atoms with van der Waals surface area (Å²) in [6.45, 7) is 8.81. The molecule has 0 atom stereocenters.